The summed E-state index contributed by atoms with van der Waals surface area (Å²) in [4.78, 5) is 29.0. The molecular weight excluding hydrogens is 388 g/mol. The molecule has 1 atom stereocenters. The molecule has 0 bridgehead atoms. The van der Waals surface area contributed by atoms with Crippen molar-refractivity contribution in [2.45, 2.75) is 30.3 Å². The van der Waals surface area contributed by atoms with Crippen LogP contribution >= 0.6 is 11.8 Å². The van der Waals surface area contributed by atoms with Gasteiger partial charge in [0, 0.05) is 17.7 Å². The molecule has 3 rings (SSSR count). The lowest BCUT2D eigenvalue weighted by Gasteiger charge is -2.17. The maximum Gasteiger partial charge on any atom is 0.328 e. The van der Waals surface area contributed by atoms with Gasteiger partial charge in [-0.2, -0.15) is 5.10 Å². The van der Waals surface area contributed by atoms with Crippen LogP contribution in [-0.2, 0) is 21.7 Å². The summed E-state index contributed by atoms with van der Waals surface area (Å²) >= 11 is 1.52. The minimum atomic E-state index is -0.744. The van der Waals surface area contributed by atoms with Crippen LogP contribution in [0.3, 0.4) is 0 Å². The molecule has 1 unspecified atom stereocenters. The number of aromatic amines is 1. The van der Waals surface area contributed by atoms with E-state index in [9.17, 15) is 9.59 Å². The topological polar surface area (TPSA) is 97.0 Å². The fraction of sp³-hybridized carbons (Fsp3) is 0.238. The Morgan fingerprint density at radius 2 is 1.86 bits per heavy atom. The van der Waals surface area contributed by atoms with Crippen molar-refractivity contribution >= 4 is 23.6 Å². The number of rotatable bonds is 9. The molecular formula is C21H22N4O3S. The van der Waals surface area contributed by atoms with Crippen LogP contribution in [0.5, 0.6) is 0 Å². The van der Waals surface area contributed by atoms with E-state index >= 15 is 0 Å². The van der Waals surface area contributed by atoms with Crippen molar-refractivity contribution in [3.63, 3.8) is 0 Å². The molecule has 0 aliphatic heterocycles. The number of carbonyl (C=O) groups excluding carboxylic acids is 2. The number of benzene rings is 2. The zero-order valence-electron chi connectivity index (χ0n) is 16.0. The average molecular weight is 410 g/mol. The summed E-state index contributed by atoms with van der Waals surface area (Å²) in [5, 5.41) is 10.1. The Morgan fingerprint density at radius 3 is 2.52 bits per heavy atom. The first-order chi connectivity index (χ1) is 14.2. The van der Waals surface area contributed by atoms with Crippen LogP contribution in [0.2, 0.25) is 0 Å². The first-order valence-corrected chi connectivity index (χ1v) is 10.2. The fourth-order valence-electron chi connectivity index (χ4n) is 2.70. The third kappa shape index (κ3) is 6.18. The molecule has 1 aromatic heterocycles. The lowest BCUT2D eigenvalue weighted by molar-refractivity contribution is -0.145. The van der Waals surface area contributed by atoms with Gasteiger partial charge in [-0.1, -0.05) is 54.2 Å². The van der Waals surface area contributed by atoms with Gasteiger partial charge in [-0.3, -0.25) is 9.89 Å². The van der Waals surface area contributed by atoms with Gasteiger partial charge in [-0.15, -0.1) is 0 Å². The number of aromatic nitrogens is 3. The Kier molecular flexibility index (Phi) is 7.40. The predicted molar refractivity (Wildman–Crippen MR) is 110 cm³/mol. The molecule has 3 aromatic rings. The van der Waals surface area contributed by atoms with Gasteiger partial charge in [0.2, 0.25) is 0 Å². The van der Waals surface area contributed by atoms with Crippen molar-refractivity contribution in [3.05, 3.63) is 77.6 Å². The Balaban J connectivity index is 1.62. The molecule has 2 N–H and O–H groups in total. The highest BCUT2D eigenvalue weighted by Crippen LogP contribution is 2.18. The highest BCUT2D eigenvalue weighted by Gasteiger charge is 2.23. The highest BCUT2D eigenvalue weighted by molar-refractivity contribution is 7.98. The largest absolute Gasteiger partial charge is 0.464 e. The number of ether oxygens (including phenoxy) is 1. The minimum absolute atomic E-state index is 0.261. The van der Waals surface area contributed by atoms with Crippen LogP contribution in [0.4, 0.5) is 0 Å². The maximum atomic E-state index is 12.7. The Hall–Kier alpha value is -3.13. The van der Waals surface area contributed by atoms with Gasteiger partial charge >= 0.3 is 5.97 Å². The van der Waals surface area contributed by atoms with Gasteiger partial charge in [0.25, 0.3) is 5.91 Å². The van der Waals surface area contributed by atoms with Crippen LogP contribution in [0.1, 0.15) is 28.4 Å². The Bertz CT molecular complexity index is 915. The molecule has 8 heteroatoms. The Labute approximate surface area is 173 Å². The standard InChI is InChI=1S/C21H22N4O3S/c1-2-28-20(27)18(12-15-6-4-3-5-7-15)24-19(26)17-10-8-16(9-11-17)13-29-21-22-14-23-25-21/h3-11,14,18H,2,12-13H2,1H3,(H,24,26)(H,22,23,25). The number of hydrogen-bond acceptors (Lipinski definition) is 6. The van der Waals surface area contributed by atoms with Gasteiger partial charge in [0.15, 0.2) is 5.16 Å². The van der Waals surface area contributed by atoms with E-state index in [-0.39, 0.29) is 12.5 Å². The van der Waals surface area contributed by atoms with Crippen molar-refractivity contribution in [3.8, 4) is 0 Å². The number of H-pyrrole nitrogens is 1. The number of carbonyl (C=O) groups is 2. The van der Waals surface area contributed by atoms with Gasteiger partial charge in [-0.05, 0) is 30.2 Å². The van der Waals surface area contributed by atoms with E-state index in [0.29, 0.717) is 17.7 Å². The van der Waals surface area contributed by atoms with Crippen LogP contribution in [0.15, 0.2) is 66.1 Å². The molecule has 0 aliphatic carbocycles. The molecule has 7 nitrogen and oxygen atoms in total. The third-order valence-corrected chi connectivity index (χ3v) is 5.09. The molecule has 0 aliphatic rings. The van der Waals surface area contributed by atoms with Gasteiger partial charge in [0.05, 0.1) is 6.61 Å². The van der Waals surface area contributed by atoms with E-state index in [2.05, 4.69) is 20.5 Å². The summed E-state index contributed by atoms with van der Waals surface area (Å²) in [5.74, 6) is -0.0468. The maximum absolute atomic E-state index is 12.7. The van der Waals surface area contributed by atoms with Gasteiger partial charge < -0.3 is 10.1 Å². The second-order valence-electron chi connectivity index (χ2n) is 6.24. The second kappa shape index (κ2) is 10.4. The summed E-state index contributed by atoms with van der Waals surface area (Å²) in [6, 6.07) is 16.1. The normalized spacial score (nSPS) is 11.6. The molecule has 0 saturated carbocycles. The first-order valence-electron chi connectivity index (χ1n) is 9.24. The van der Waals surface area contributed by atoms with Crippen LogP contribution in [-0.4, -0.2) is 39.7 Å². The fourth-order valence-corrected chi connectivity index (χ4v) is 3.43. The summed E-state index contributed by atoms with van der Waals surface area (Å²) in [7, 11) is 0. The number of esters is 1. The van der Waals surface area contributed by atoms with Crippen LogP contribution in [0, 0.1) is 0 Å². The zero-order valence-corrected chi connectivity index (χ0v) is 16.8. The van der Waals surface area contributed by atoms with Gasteiger partial charge in [-0.25, -0.2) is 9.78 Å². The summed E-state index contributed by atoms with van der Waals surface area (Å²) in [6.45, 7) is 2.01. The molecule has 0 saturated heterocycles. The van der Waals surface area contributed by atoms with Crippen molar-refractivity contribution < 1.29 is 14.3 Å². The number of thioether (sulfide) groups is 1. The number of amides is 1. The predicted octanol–water partition coefficient (Wildman–Crippen LogP) is 3.00. The summed E-state index contributed by atoms with van der Waals surface area (Å²) < 4.78 is 5.13. The second-order valence-corrected chi connectivity index (χ2v) is 7.21. The first kappa shape index (κ1) is 20.6. The smallest absolute Gasteiger partial charge is 0.328 e. The molecule has 1 heterocycles. The minimum Gasteiger partial charge on any atom is -0.464 e. The zero-order chi connectivity index (χ0) is 20.5. The quantitative estimate of drug-likeness (QED) is 0.416. The van der Waals surface area contributed by atoms with E-state index in [1.807, 2.05) is 42.5 Å². The van der Waals surface area contributed by atoms with Crippen molar-refractivity contribution in [1.82, 2.24) is 20.5 Å². The molecule has 0 radical (unpaired) electrons. The van der Waals surface area contributed by atoms with E-state index in [1.165, 1.54) is 18.1 Å². The third-order valence-electron chi connectivity index (χ3n) is 4.14. The SMILES string of the molecule is CCOC(=O)C(Cc1ccccc1)NC(=O)c1ccc(CSc2ncn[nH]2)cc1. The summed E-state index contributed by atoms with van der Waals surface area (Å²) in [5.41, 5.74) is 2.49. The lowest BCUT2D eigenvalue weighted by Crippen LogP contribution is -2.43. The number of nitrogens with zero attached hydrogens (tertiary/aromatic N) is 2. The van der Waals surface area contributed by atoms with E-state index < -0.39 is 12.0 Å². The molecule has 0 fully saturated rings. The van der Waals surface area contributed by atoms with Crippen molar-refractivity contribution in [2.24, 2.45) is 0 Å². The van der Waals surface area contributed by atoms with Crippen LogP contribution in [0.25, 0.3) is 0 Å². The highest BCUT2D eigenvalue weighted by atomic mass is 32.2. The van der Waals surface area contributed by atoms with E-state index in [4.69, 9.17) is 4.74 Å². The average Bonchev–Trinajstić information content (AvgIpc) is 3.27. The molecule has 29 heavy (non-hydrogen) atoms. The summed E-state index contributed by atoms with van der Waals surface area (Å²) in [6.07, 6.45) is 1.84. The molecule has 1 amide bonds. The van der Waals surface area contributed by atoms with Gasteiger partial charge in [0.1, 0.15) is 12.4 Å². The monoisotopic (exact) mass is 410 g/mol. The van der Waals surface area contributed by atoms with Crippen LogP contribution < -0.4 is 5.32 Å². The van der Waals surface area contributed by atoms with E-state index in [1.54, 1.807) is 19.1 Å². The van der Waals surface area contributed by atoms with Crippen molar-refractivity contribution in [2.75, 3.05) is 6.61 Å². The lowest BCUT2D eigenvalue weighted by atomic mass is 10.1. The number of hydrogen-bond donors (Lipinski definition) is 2. The molecule has 2 aromatic carbocycles. The van der Waals surface area contributed by atoms with Crippen molar-refractivity contribution in [1.29, 1.82) is 0 Å². The molecule has 0 spiro atoms. The Morgan fingerprint density at radius 1 is 1.10 bits per heavy atom. The number of nitrogens with one attached hydrogen (secondary N) is 2. The van der Waals surface area contributed by atoms with E-state index in [0.717, 1.165) is 16.3 Å². The molecule has 150 valence electrons.